The van der Waals surface area contributed by atoms with Gasteiger partial charge in [-0.05, 0) is 54.6 Å². The molecule has 5 aromatic heterocycles. The summed E-state index contributed by atoms with van der Waals surface area (Å²) in [4.78, 5) is 19.7. The molecule has 0 radical (unpaired) electrons. The predicted octanol–water partition coefficient (Wildman–Crippen LogP) is 11.2. The fourth-order valence-corrected chi connectivity index (χ4v) is 7.47. The fourth-order valence-electron chi connectivity index (χ4n) is 7.47. The molecule has 0 atom stereocenters. The number of aromatic nitrogens is 5. The Bertz CT molecular complexity index is 3120. The van der Waals surface area contributed by atoms with Crippen molar-refractivity contribution in [2.75, 3.05) is 0 Å². The predicted molar refractivity (Wildman–Crippen MR) is 203 cm³/mol. The maximum absolute atomic E-state index is 6.26. The van der Waals surface area contributed by atoms with Gasteiger partial charge in [-0.3, -0.25) is 4.98 Å². The van der Waals surface area contributed by atoms with Crippen LogP contribution in [0, 0.1) is 0 Å². The Kier molecular flexibility index (Phi) is 5.83. The minimum Gasteiger partial charge on any atom is -0.456 e. The minimum absolute atomic E-state index is 0.544. The Hall–Kier alpha value is -7.12. The normalized spacial score (nSPS) is 11.9. The number of nitrogens with zero attached hydrogens (tertiary/aromatic N) is 5. The van der Waals surface area contributed by atoms with E-state index in [0.29, 0.717) is 17.5 Å². The summed E-state index contributed by atoms with van der Waals surface area (Å²) in [6.45, 7) is 0. The highest BCUT2D eigenvalue weighted by atomic mass is 16.3. The standard InChI is InChI=1S/C44H25N5O2/c1-4-15-35-29(11-1)30-12-2-5-16-36(30)49(35)28-10-7-9-26(23-28)42-46-43(27-19-20-31-32-21-22-45-25-40(32)51-39(31)24-27)48-44(47-42)34-14-8-18-38-41(34)33-13-3-6-17-37(33)50-38/h1-25H. The Morgan fingerprint density at radius 3 is 1.90 bits per heavy atom. The van der Waals surface area contributed by atoms with Crippen molar-refractivity contribution in [3.05, 3.63) is 152 Å². The molecule has 0 aliphatic carbocycles. The summed E-state index contributed by atoms with van der Waals surface area (Å²) >= 11 is 0. The summed E-state index contributed by atoms with van der Waals surface area (Å²) in [6, 6.07) is 47.6. The van der Waals surface area contributed by atoms with E-state index < -0.39 is 0 Å². The van der Waals surface area contributed by atoms with E-state index in [2.05, 4.69) is 101 Å². The van der Waals surface area contributed by atoms with Gasteiger partial charge in [0.15, 0.2) is 23.1 Å². The van der Waals surface area contributed by atoms with E-state index in [1.165, 1.54) is 10.8 Å². The Morgan fingerprint density at radius 2 is 1.08 bits per heavy atom. The summed E-state index contributed by atoms with van der Waals surface area (Å²) in [5.74, 6) is 1.67. The third kappa shape index (κ3) is 4.25. The van der Waals surface area contributed by atoms with Crippen LogP contribution in [-0.4, -0.2) is 24.5 Å². The molecule has 11 aromatic rings. The van der Waals surface area contributed by atoms with Crippen molar-refractivity contribution >= 4 is 65.7 Å². The third-order valence-electron chi connectivity index (χ3n) is 9.76. The van der Waals surface area contributed by atoms with Gasteiger partial charge in [0.2, 0.25) is 0 Å². The van der Waals surface area contributed by atoms with Crippen molar-refractivity contribution in [3.63, 3.8) is 0 Å². The first-order chi connectivity index (χ1) is 25.3. The second-order valence-electron chi connectivity index (χ2n) is 12.7. The molecule has 0 unspecified atom stereocenters. The van der Waals surface area contributed by atoms with Crippen LogP contribution >= 0.6 is 0 Å². The Balaban J connectivity index is 1.15. The molecule has 0 bridgehead atoms. The van der Waals surface area contributed by atoms with Crippen LogP contribution in [0.2, 0.25) is 0 Å². The fraction of sp³-hybridized carbons (Fsp3) is 0. The summed E-state index contributed by atoms with van der Waals surface area (Å²) < 4.78 is 14.8. The molecular formula is C44H25N5O2. The second-order valence-corrected chi connectivity index (χ2v) is 12.7. The smallest absolute Gasteiger partial charge is 0.164 e. The van der Waals surface area contributed by atoms with E-state index >= 15 is 0 Å². The van der Waals surface area contributed by atoms with Crippen LogP contribution in [0.4, 0.5) is 0 Å². The van der Waals surface area contributed by atoms with Gasteiger partial charge in [-0.25, -0.2) is 15.0 Å². The average molecular weight is 656 g/mol. The summed E-state index contributed by atoms with van der Waals surface area (Å²) in [5.41, 5.74) is 8.95. The maximum atomic E-state index is 6.26. The topological polar surface area (TPSA) is 82.8 Å². The minimum atomic E-state index is 0.544. The lowest BCUT2D eigenvalue weighted by molar-refractivity contribution is 0.667. The van der Waals surface area contributed by atoms with Gasteiger partial charge in [-0.2, -0.15) is 0 Å². The molecule has 0 saturated carbocycles. The summed E-state index contributed by atoms with van der Waals surface area (Å²) in [6.07, 6.45) is 3.53. The number of rotatable bonds is 4. The zero-order valence-electron chi connectivity index (χ0n) is 27.0. The first-order valence-electron chi connectivity index (χ1n) is 16.8. The lowest BCUT2D eigenvalue weighted by Gasteiger charge is -2.12. The molecule has 7 nitrogen and oxygen atoms in total. The van der Waals surface area contributed by atoms with Crippen molar-refractivity contribution in [1.82, 2.24) is 24.5 Å². The first kappa shape index (κ1) is 27.8. The van der Waals surface area contributed by atoms with Gasteiger partial charge in [0.1, 0.15) is 16.7 Å². The van der Waals surface area contributed by atoms with Crippen molar-refractivity contribution in [1.29, 1.82) is 0 Å². The van der Waals surface area contributed by atoms with Crippen molar-refractivity contribution < 1.29 is 8.83 Å². The monoisotopic (exact) mass is 655 g/mol. The van der Waals surface area contributed by atoms with Gasteiger partial charge in [0, 0.05) is 60.9 Å². The van der Waals surface area contributed by atoms with Crippen LogP contribution < -0.4 is 0 Å². The number of furan rings is 2. The molecule has 0 spiro atoms. The summed E-state index contributed by atoms with van der Waals surface area (Å²) in [7, 11) is 0. The SMILES string of the molecule is c1cc(-c2nc(-c3ccc4c(c3)oc3cnccc34)nc(-c3cccc4oc5ccccc5c34)n2)cc(-n2c3ccccc3c3ccccc32)c1. The number of para-hydroxylation sites is 3. The zero-order chi connectivity index (χ0) is 33.5. The molecule has 0 fully saturated rings. The van der Waals surface area contributed by atoms with E-state index in [-0.39, 0.29) is 0 Å². The van der Waals surface area contributed by atoms with Crippen LogP contribution in [0.1, 0.15) is 0 Å². The highest BCUT2D eigenvalue weighted by Crippen LogP contribution is 2.38. The van der Waals surface area contributed by atoms with E-state index in [0.717, 1.165) is 77.3 Å². The van der Waals surface area contributed by atoms with Gasteiger partial charge in [-0.1, -0.05) is 84.9 Å². The lowest BCUT2D eigenvalue weighted by atomic mass is 10.1. The zero-order valence-corrected chi connectivity index (χ0v) is 27.0. The molecule has 6 aromatic carbocycles. The quantitative estimate of drug-likeness (QED) is 0.188. The Morgan fingerprint density at radius 1 is 0.431 bits per heavy atom. The maximum Gasteiger partial charge on any atom is 0.164 e. The number of hydrogen-bond donors (Lipinski definition) is 0. The number of hydrogen-bond acceptors (Lipinski definition) is 6. The second kappa shape index (κ2) is 10.7. The van der Waals surface area contributed by atoms with E-state index in [4.69, 9.17) is 23.8 Å². The van der Waals surface area contributed by atoms with Crippen LogP contribution in [0.3, 0.4) is 0 Å². The molecule has 11 rings (SSSR count). The van der Waals surface area contributed by atoms with Crippen LogP contribution in [0.25, 0.3) is 106 Å². The van der Waals surface area contributed by atoms with E-state index in [1.54, 1.807) is 12.4 Å². The van der Waals surface area contributed by atoms with Crippen molar-refractivity contribution in [3.8, 4) is 39.9 Å². The molecule has 0 amide bonds. The molecule has 238 valence electrons. The van der Waals surface area contributed by atoms with Gasteiger partial charge in [0.05, 0.1) is 17.2 Å². The Labute approximate surface area is 290 Å². The van der Waals surface area contributed by atoms with Crippen LogP contribution in [0.15, 0.2) is 161 Å². The van der Waals surface area contributed by atoms with E-state index in [1.807, 2.05) is 48.5 Å². The molecule has 0 aliphatic heterocycles. The highest BCUT2D eigenvalue weighted by molar-refractivity contribution is 6.12. The molecule has 0 N–H and O–H groups in total. The number of benzene rings is 6. The highest BCUT2D eigenvalue weighted by Gasteiger charge is 2.19. The molecular weight excluding hydrogens is 631 g/mol. The van der Waals surface area contributed by atoms with E-state index in [9.17, 15) is 0 Å². The molecule has 0 saturated heterocycles. The third-order valence-corrected chi connectivity index (χ3v) is 9.76. The van der Waals surface area contributed by atoms with Crippen molar-refractivity contribution in [2.24, 2.45) is 0 Å². The molecule has 5 heterocycles. The van der Waals surface area contributed by atoms with Gasteiger partial charge in [-0.15, -0.1) is 0 Å². The average Bonchev–Trinajstić information content (AvgIpc) is 3.87. The molecule has 51 heavy (non-hydrogen) atoms. The van der Waals surface area contributed by atoms with Gasteiger partial charge < -0.3 is 13.4 Å². The molecule has 7 heteroatoms. The first-order valence-corrected chi connectivity index (χ1v) is 16.8. The molecule has 0 aliphatic rings. The van der Waals surface area contributed by atoms with Crippen molar-refractivity contribution in [2.45, 2.75) is 0 Å². The van der Waals surface area contributed by atoms with Gasteiger partial charge >= 0.3 is 0 Å². The lowest BCUT2D eigenvalue weighted by Crippen LogP contribution is -2.01. The number of fused-ring (bicyclic) bond motifs is 9. The largest absolute Gasteiger partial charge is 0.456 e. The van der Waals surface area contributed by atoms with Gasteiger partial charge in [0.25, 0.3) is 0 Å². The van der Waals surface area contributed by atoms with Crippen LogP contribution in [-0.2, 0) is 0 Å². The summed E-state index contributed by atoms with van der Waals surface area (Å²) in [5, 5.41) is 6.43. The number of pyridine rings is 1. The van der Waals surface area contributed by atoms with Crippen LogP contribution in [0.5, 0.6) is 0 Å².